The predicted octanol–water partition coefficient (Wildman–Crippen LogP) is 3.93. The van der Waals surface area contributed by atoms with Gasteiger partial charge in [0.1, 0.15) is 11.6 Å². The van der Waals surface area contributed by atoms with Gasteiger partial charge in [0, 0.05) is 13.1 Å². The van der Waals surface area contributed by atoms with E-state index in [1.54, 1.807) is 7.11 Å². The first-order valence-electron chi connectivity index (χ1n) is 8.34. The molecule has 1 heterocycles. The molecule has 1 fully saturated rings. The number of hydrogen-bond donors (Lipinski definition) is 0. The number of nitrogens with zero attached hydrogens (tertiary/aromatic N) is 1. The molecule has 0 radical (unpaired) electrons. The zero-order chi connectivity index (χ0) is 16.9. The molecule has 2 aromatic rings. The molecule has 4 heteroatoms. The molecule has 0 aromatic heterocycles. The van der Waals surface area contributed by atoms with Crippen LogP contribution < -0.4 is 4.74 Å². The zero-order valence-electron chi connectivity index (χ0n) is 13.9. The van der Waals surface area contributed by atoms with Gasteiger partial charge in [0.25, 0.3) is 5.91 Å². The molecule has 1 aliphatic rings. The summed E-state index contributed by atoms with van der Waals surface area (Å²) in [6.45, 7) is 1.51. The van der Waals surface area contributed by atoms with Gasteiger partial charge in [-0.15, -0.1) is 0 Å². The van der Waals surface area contributed by atoms with Crippen LogP contribution in [0.25, 0.3) is 0 Å². The lowest BCUT2D eigenvalue weighted by molar-refractivity contribution is 0.0687. The average molecular weight is 327 g/mol. The standard InChI is InChI=1S/C20H22FNO2/c1-24-19-5-3-2-4-18(19)20(23)22-12-10-16(11-13-22)14-15-6-8-17(21)9-7-15/h2-9,16H,10-14H2,1H3. The van der Waals surface area contributed by atoms with Gasteiger partial charge in [0.05, 0.1) is 12.7 Å². The molecule has 0 bridgehead atoms. The summed E-state index contributed by atoms with van der Waals surface area (Å²) in [7, 11) is 1.58. The Morgan fingerprint density at radius 3 is 2.46 bits per heavy atom. The highest BCUT2D eigenvalue weighted by Crippen LogP contribution is 2.25. The van der Waals surface area contributed by atoms with E-state index >= 15 is 0 Å². The SMILES string of the molecule is COc1ccccc1C(=O)N1CCC(Cc2ccc(F)cc2)CC1. The fraction of sp³-hybridized carbons (Fsp3) is 0.350. The fourth-order valence-corrected chi connectivity index (χ4v) is 3.29. The molecule has 0 spiro atoms. The van der Waals surface area contributed by atoms with Crippen LogP contribution in [0.4, 0.5) is 4.39 Å². The van der Waals surface area contributed by atoms with Crippen molar-refractivity contribution in [3.05, 3.63) is 65.5 Å². The van der Waals surface area contributed by atoms with Crippen LogP contribution in [0, 0.1) is 11.7 Å². The van der Waals surface area contributed by atoms with Gasteiger partial charge in [-0.1, -0.05) is 24.3 Å². The van der Waals surface area contributed by atoms with Crippen LogP contribution in [0.2, 0.25) is 0 Å². The first-order valence-corrected chi connectivity index (χ1v) is 8.34. The van der Waals surface area contributed by atoms with Crippen LogP contribution in [0.3, 0.4) is 0 Å². The summed E-state index contributed by atoms with van der Waals surface area (Å²) >= 11 is 0. The van der Waals surface area contributed by atoms with Gasteiger partial charge in [-0.05, 0) is 55.0 Å². The number of carbonyl (C=O) groups is 1. The second-order valence-electron chi connectivity index (χ2n) is 6.27. The van der Waals surface area contributed by atoms with Crippen molar-refractivity contribution in [3.8, 4) is 5.75 Å². The molecule has 24 heavy (non-hydrogen) atoms. The Hall–Kier alpha value is -2.36. The van der Waals surface area contributed by atoms with E-state index in [1.165, 1.54) is 12.1 Å². The van der Waals surface area contributed by atoms with Crippen molar-refractivity contribution in [1.82, 2.24) is 4.90 Å². The lowest BCUT2D eigenvalue weighted by Crippen LogP contribution is -2.39. The number of hydrogen-bond acceptors (Lipinski definition) is 2. The Bertz CT molecular complexity index is 691. The number of piperidine rings is 1. The minimum Gasteiger partial charge on any atom is -0.496 e. The first-order chi connectivity index (χ1) is 11.7. The first kappa shape index (κ1) is 16.5. The predicted molar refractivity (Wildman–Crippen MR) is 91.7 cm³/mol. The summed E-state index contributed by atoms with van der Waals surface area (Å²) in [4.78, 5) is 14.6. The van der Waals surface area contributed by atoms with Gasteiger partial charge < -0.3 is 9.64 Å². The monoisotopic (exact) mass is 327 g/mol. The van der Waals surface area contributed by atoms with Crippen molar-refractivity contribution < 1.29 is 13.9 Å². The number of methoxy groups -OCH3 is 1. The number of ether oxygens (including phenoxy) is 1. The van der Waals surface area contributed by atoms with Crippen LogP contribution >= 0.6 is 0 Å². The summed E-state index contributed by atoms with van der Waals surface area (Å²) in [5.41, 5.74) is 1.78. The quantitative estimate of drug-likeness (QED) is 0.851. The van der Waals surface area contributed by atoms with Gasteiger partial charge >= 0.3 is 0 Å². The van der Waals surface area contributed by atoms with Gasteiger partial charge in [-0.25, -0.2) is 4.39 Å². The third kappa shape index (κ3) is 3.75. The third-order valence-corrected chi connectivity index (χ3v) is 4.68. The molecule has 1 saturated heterocycles. The number of halogens is 1. The number of amides is 1. The van der Waals surface area contributed by atoms with E-state index in [9.17, 15) is 9.18 Å². The Morgan fingerprint density at radius 2 is 1.79 bits per heavy atom. The molecular weight excluding hydrogens is 305 g/mol. The molecule has 2 aromatic carbocycles. The maximum absolute atomic E-state index is 13.0. The van der Waals surface area contributed by atoms with Gasteiger partial charge in [-0.3, -0.25) is 4.79 Å². The van der Waals surface area contributed by atoms with E-state index in [1.807, 2.05) is 41.3 Å². The lowest BCUT2D eigenvalue weighted by Gasteiger charge is -2.32. The second-order valence-corrected chi connectivity index (χ2v) is 6.27. The van der Waals surface area contributed by atoms with Crippen LogP contribution in [0.5, 0.6) is 5.75 Å². The number of para-hydroxylation sites is 1. The number of benzene rings is 2. The number of carbonyl (C=O) groups excluding carboxylic acids is 1. The largest absolute Gasteiger partial charge is 0.496 e. The summed E-state index contributed by atoms with van der Waals surface area (Å²) in [6.07, 6.45) is 2.88. The summed E-state index contributed by atoms with van der Waals surface area (Å²) < 4.78 is 18.3. The van der Waals surface area contributed by atoms with Gasteiger partial charge in [0.15, 0.2) is 0 Å². The molecule has 3 rings (SSSR count). The summed E-state index contributed by atoms with van der Waals surface area (Å²) in [5, 5.41) is 0. The molecule has 0 saturated carbocycles. The lowest BCUT2D eigenvalue weighted by atomic mass is 9.90. The summed E-state index contributed by atoms with van der Waals surface area (Å²) in [6, 6.07) is 14.1. The Kier molecular flexibility index (Phi) is 5.14. The molecular formula is C20H22FNO2. The molecule has 3 nitrogen and oxygen atoms in total. The van der Waals surface area contributed by atoms with Crippen LogP contribution in [0.1, 0.15) is 28.8 Å². The van der Waals surface area contributed by atoms with Crippen molar-refractivity contribution in [3.63, 3.8) is 0 Å². The van der Waals surface area contributed by atoms with E-state index in [0.717, 1.165) is 37.9 Å². The van der Waals surface area contributed by atoms with E-state index in [2.05, 4.69) is 0 Å². The average Bonchev–Trinajstić information content (AvgIpc) is 2.63. The highest BCUT2D eigenvalue weighted by Gasteiger charge is 2.25. The van der Waals surface area contributed by atoms with Crippen molar-refractivity contribution >= 4 is 5.91 Å². The van der Waals surface area contributed by atoms with E-state index in [-0.39, 0.29) is 11.7 Å². The van der Waals surface area contributed by atoms with E-state index in [4.69, 9.17) is 4.74 Å². The van der Waals surface area contributed by atoms with Gasteiger partial charge in [-0.2, -0.15) is 0 Å². The highest BCUT2D eigenvalue weighted by molar-refractivity contribution is 5.97. The Balaban J connectivity index is 1.58. The topological polar surface area (TPSA) is 29.5 Å². The number of rotatable bonds is 4. The normalized spacial score (nSPS) is 15.3. The Labute approximate surface area is 142 Å². The van der Waals surface area contributed by atoms with Crippen molar-refractivity contribution in [1.29, 1.82) is 0 Å². The maximum atomic E-state index is 13.0. The smallest absolute Gasteiger partial charge is 0.257 e. The minimum absolute atomic E-state index is 0.0349. The highest BCUT2D eigenvalue weighted by atomic mass is 19.1. The summed E-state index contributed by atoms with van der Waals surface area (Å²) in [5.74, 6) is 0.997. The van der Waals surface area contributed by atoms with Gasteiger partial charge in [0.2, 0.25) is 0 Å². The second kappa shape index (κ2) is 7.47. The molecule has 1 aliphatic heterocycles. The van der Waals surface area contributed by atoms with Crippen molar-refractivity contribution in [2.75, 3.05) is 20.2 Å². The molecule has 126 valence electrons. The Morgan fingerprint density at radius 1 is 1.12 bits per heavy atom. The molecule has 0 N–H and O–H groups in total. The minimum atomic E-state index is -0.198. The van der Waals surface area contributed by atoms with Crippen LogP contribution in [0.15, 0.2) is 48.5 Å². The van der Waals surface area contributed by atoms with Crippen LogP contribution in [-0.2, 0) is 6.42 Å². The zero-order valence-corrected chi connectivity index (χ0v) is 13.9. The van der Waals surface area contributed by atoms with Crippen molar-refractivity contribution in [2.24, 2.45) is 5.92 Å². The molecule has 0 unspecified atom stereocenters. The molecule has 1 amide bonds. The molecule has 0 aliphatic carbocycles. The van der Waals surface area contributed by atoms with Crippen molar-refractivity contribution in [2.45, 2.75) is 19.3 Å². The maximum Gasteiger partial charge on any atom is 0.257 e. The van der Waals surface area contributed by atoms with E-state index < -0.39 is 0 Å². The number of likely N-dealkylation sites (tertiary alicyclic amines) is 1. The third-order valence-electron chi connectivity index (χ3n) is 4.68. The van der Waals surface area contributed by atoms with E-state index in [0.29, 0.717) is 17.2 Å². The molecule has 0 atom stereocenters. The van der Waals surface area contributed by atoms with Crippen LogP contribution in [-0.4, -0.2) is 31.0 Å². The fourth-order valence-electron chi connectivity index (χ4n) is 3.29.